The van der Waals surface area contributed by atoms with Gasteiger partial charge in [-0.25, -0.2) is 0 Å². The molecule has 104 valence electrons. The standard InChI is InChI=1S/C12H14ClNO5/c1-17-11-6(13)4-8-12(19-3-2-18-8)10(11)7(14)5-9(15)16/h4,7H,2-3,5,14H2,1H3,(H,15,16). The van der Waals surface area contributed by atoms with Gasteiger partial charge in [-0.05, 0) is 0 Å². The second-order valence-corrected chi connectivity index (χ2v) is 4.44. The third kappa shape index (κ3) is 2.69. The lowest BCUT2D eigenvalue weighted by atomic mass is 10.0. The fourth-order valence-corrected chi connectivity index (χ4v) is 2.27. The van der Waals surface area contributed by atoms with Gasteiger partial charge in [0.2, 0.25) is 0 Å². The minimum Gasteiger partial charge on any atom is -0.495 e. The SMILES string of the molecule is COc1c(Cl)cc2c(c1C(N)CC(=O)O)OCCO2. The predicted molar refractivity (Wildman–Crippen MR) is 68.2 cm³/mol. The second-order valence-electron chi connectivity index (χ2n) is 4.03. The van der Waals surface area contributed by atoms with Gasteiger partial charge in [0.1, 0.15) is 19.0 Å². The van der Waals surface area contributed by atoms with Crippen molar-refractivity contribution in [2.75, 3.05) is 20.3 Å². The summed E-state index contributed by atoms with van der Waals surface area (Å²) in [5.74, 6) is 0.161. The molecule has 0 spiro atoms. The first-order valence-electron chi connectivity index (χ1n) is 5.68. The molecule has 1 atom stereocenters. The highest BCUT2D eigenvalue weighted by Crippen LogP contribution is 2.47. The molecule has 19 heavy (non-hydrogen) atoms. The Morgan fingerprint density at radius 3 is 2.89 bits per heavy atom. The van der Waals surface area contributed by atoms with Crippen molar-refractivity contribution in [3.05, 3.63) is 16.7 Å². The first-order valence-corrected chi connectivity index (χ1v) is 6.05. The van der Waals surface area contributed by atoms with Gasteiger partial charge in [-0.3, -0.25) is 4.79 Å². The van der Waals surface area contributed by atoms with E-state index in [1.807, 2.05) is 0 Å². The zero-order valence-electron chi connectivity index (χ0n) is 10.3. The smallest absolute Gasteiger partial charge is 0.305 e. The van der Waals surface area contributed by atoms with Crippen molar-refractivity contribution in [3.8, 4) is 17.2 Å². The summed E-state index contributed by atoms with van der Waals surface area (Å²) in [5, 5.41) is 9.16. The van der Waals surface area contributed by atoms with Crippen LogP contribution >= 0.6 is 11.6 Å². The molecule has 1 heterocycles. The maximum absolute atomic E-state index is 10.8. The number of carbonyl (C=O) groups is 1. The van der Waals surface area contributed by atoms with E-state index in [0.717, 1.165) is 0 Å². The molecule has 6 nitrogen and oxygen atoms in total. The minimum absolute atomic E-state index is 0.257. The number of methoxy groups -OCH3 is 1. The van der Waals surface area contributed by atoms with Crippen molar-refractivity contribution in [2.45, 2.75) is 12.5 Å². The lowest BCUT2D eigenvalue weighted by molar-refractivity contribution is -0.137. The van der Waals surface area contributed by atoms with Crippen LogP contribution < -0.4 is 19.9 Å². The lowest BCUT2D eigenvalue weighted by Crippen LogP contribution is -2.22. The van der Waals surface area contributed by atoms with Crippen molar-refractivity contribution < 1.29 is 24.1 Å². The molecule has 7 heteroatoms. The zero-order valence-corrected chi connectivity index (χ0v) is 11.1. The number of fused-ring (bicyclic) bond motifs is 1. The van der Waals surface area contributed by atoms with Gasteiger partial charge in [0.15, 0.2) is 11.5 Å². The molecule has 3 N–H and O–H groups in total. The van der Waals surface area contributed by atoms with Crippen LogP contribution in [0.25, 0.3) is 0 Å². The van der Waals surface area contributed by atoms with E-state index in [2.05, 4.69) is 0 Å². The summed E-state index contributed by atoms with van der Waals surface area (Å²) in [5.41, 5.74) is 6.33. The zero-order chi connectivity index (χ0) is 14.0. The van der Waals surface area contributed by atoms with Gasteiger partial charge in [-0.1, -0.05) is 11.6 Å². The quantitative estimate of drug-likeness (QED) is 0.874. The molecule has 1 aromatic rings. The van der Waals surface area contributed by atoms with Crippen LogP contribution in [0.3, 0.4) is 0 Å². The molecule has 2 rings (SSSR count). The van der Waals surface area contributed by atoms with Crippen LogP contribution in [0.15, 0.2) is 6.07 Å². The monoisotopic (exact) mass is 287 g/mol. The van der Waals surface area contributed by atoms with Crippen LogP contribution in [0.1, 0.15) is 18.0 Å². The highest BCUT2D eigenvalue weighted by Gasteiger charge is 2.28. The molecular weight excluding hydrogens is 274 g/mol. The molecule has 1 unspecified atom stereocenters. The number of hydrogen-bond acceptors (Lipinski definition) is 5. The number of carboxylic acid groups (broad SMARTS) is 1. The van der Waals surface area contributed by atoms with Crippen LogP contribution in [0.5, 0.6) is 17.2 Å². The summed E-state index contributed by atoms with van der Waals surface area (Å²) >= 11 is 6.08. The third-order valence-electron chi connectivity index (χ3n) is 2.74. The minimum atomic E-state index is -1.01. The molecule has 1 aliphatic rings. The van der Waals surface area contributed by atoms with E-state index >= 15 is 0 Å². The highest BCUT2D eigenvalue weighted by atomic mass is 35.5. The molecule has 0 radical (unpaired) electrons. The van der Waals surface area contributed by atoms with E-state index in [9.17, 15) is 4.79 Å². The van der Waals surface area contributed by atoms with E-state index in [0.29, 0.717) is 41.0 Å². The van der Waals surface area contributed by atoms with Gasteiger partial charge < -0.3 is 25.1 Å². The van der Waals surface area contributed by atoms with Gasteiger partial charge in [-0.2, -0.15) is 0 Å². The molecule has 0 aromatic heterocycles. The van der Waals surface area contributed by atoms with Crippen molar-refractivity contribution in [2.24, 2.45) is 5.73 Å². The van der Waals surface area contributed by atoms with Crippen LogP contribution in [0, 0.1) is 0 Å². The first-order chi connectivity index (χ1) is 9.04. The summed E-state index contributed by atoms with van der Waals surface area (Å²) in [6.07, 6.45) is -0.257. The average Bonchev–Trinajstić information content (AvgIpc) is 2.36. The van der Waals surface area contributed by atoms with Gasteiger partial charge in [0.25, 0.3) is 0 Å². The summed E-state index contributed by atoms with van der Waals surface area (Å²) < 4.78 is 16.2. The number of hydrogen-bond donors (Lipinski definition) is 2. The van der Waals surface area contributed by atoms with Crippen molar-refractivity contribution in [1.29, 1.82) is 0 Å². The van der Waals surface area contributed by atoms with Crippen molar-refractivity contribution >= 4 is 17.6 Å². The Morgan fingerprint density at radius 1 is 1.58 bits per heavy atom. The normalized spacial score (nSPS) is 14.9. The molecule has 0 saturated heterocycles. The first kappa shape index (κ1) is 13.8. The van der Waals surface area contributed by atoms with Crippen molar-refractivity contribution in [1.82, 2.24) is 0 Å². The summed E-state index contributed by atoms with van der Waals surface area (Å²) in [6, 6.07) is 0.785. The lowest BCUT2D eigenvalue weighted by Gasteiger charge is -2.25. The summed E-state index contributed by atoms with van der Waals surface area (Å²) in [6.45, 7) is 0.772. The largest absolute Gasteiger partial charge is 0.495 e. The molecular formula is C12H14ClNO5. The average molecular weight is 288 g/mol. The Kier molecular flexibility index (Phi) is 4.01. The summed E-state index contributed by atoms with van der Waals surface area (Å²) in [7, 11) is 1.44. The van der Waals surface area contributed by atoms with E-state index in [1.54, 1.807) is 6.07 Å². The Hall–Kier alpha value is -1.66. The maximum atomic E-state index is 10.8. The topological polar surface area (TPSA) is 91.0 Å². The van der Waals surface area contributed by atoms with Gasteiger partial charge in [-0.15, -0.1) is 0 Å². The van der Waals surface area contributed by atoms with Crippen LogP contribution in [0.4, 0.5) is 0 Å². The van der Waals surface area contributed by atoms with Gasteiger partial charge in [0.05, 0.1) is 24.1 Å². The predicted octanol–water partition coefficient (Wildman–Crippen LogP) is 1.59. The van der Waals surface area contributed by atoms with Crippen LogP contribution in [-0.4, -0.2) is 31.4 Å². The van der Waals surface area contributed by atoms with Gasteiger partial charge in [0, 0.05) is 12.1 Å². The maximum Gasteiger partial charge on any atom is 0.305 e. The molecule has 0 amide bonds. The number of carboxylic acids is 1. The Bertz CT molecular complexity index is 505. The van der Waals surface area contributed by atoms with E-state index < -0.39 is 12.0 Å². The van der Waals surface area contributed by atoms with E-state index in [1.165, 1.54) is 7.11 Å². The van der Waals surface area contributed by atoms with Crippen LogP contribution in [0.2, 0.25) is 5.02 Å². The number of aliphatic carboxylic acids is 1. The van der Waals surface area contributed by atoms with E-state index in [-0.39, 0.29) is 6.42 Å². The van der Waals surface area contributed by atoms with Gasteiger partial charge >= 0.3 is 5.97 Å². The molecule has 0 saturated carbocycles. The summed E-state index contributed by atoms with van der Waals surface area (Å²) in [4.78, 5) is 10.8. The molecule has 0 aliphatic carbocycles. The number of ether oxygens (including phenoxy) is 3. The fourth-order valence-electron chi connectivity index (χ4n) is 2.00. The number of benzene rings is 1. The molecule has 0 bridgehead atoms. The van der Waals surface area contributed by atoms with Crippen molar-refractivity contribution in [3.63, 3.8) is 0 Å². The third-order valence-corrected chi connectivity index (χ3v) is 3.03. The van der Waals surface area contributed by atoms with E-state index in [4.69, 9.17) is 36.7 Å². The number of halogens is 1. The molecule has 1 aromatic carbocycles. The highest BCUT2D eigenvalue weighted by molar-refractivity contribution is 6.32. The Labute approximate surface area is 115 Å². The fraction of sp³-hybridized carbons (Fsp3) is 0.417. The molecule has 0 fully saturated rings. The number of rotatable bonds is 4. The van der Waals surface area contributed by atoms with Crippen LogP contribution in [-0.2, 0) is 4.79 Å². The Morgan fingerprint density at radius 2 is 2.26 bits per heavy atom. The Balaban J connectivity index is 2.54. The molecule has 1 aliphatic heterocycles. The second kappa shape index (κ2) is 5.54. The number of nitrogens with two attached hydrogens (primary N) is 1.